The molecule has 5 heteroatoms. The first kappa shape index (κ1) is 17.0. The molecule has 1 unspecified atom stereocenters. The van der Waals surface area contributed by atoms with Crippen molar-refractivity contribution in [1.29, 1.82) is 0 Å². The van der Waals surface area contributed by atoms with Crippen LogP contribution in [0.25, 0.3) is 0 Å². The minimum atomic E-state index is -0.785. The maximum absolute atomic E-state index is 11.9. The fourth-order valence-electron chi connectivity index (χ4n) is 1.91. The van der Waals surface area contributed by atoms with Crippen molar-refractivity contribution in [1.82, 2.24) is 5.32 Å². The molecule has 1 aromatic carbocycles. The summed E-state index contributed by atoms with van der Waals surface area (Å²) in [6.07, 6.45) is 1.05. The fourth-order valence-corrected chi connectivity index (χ4v) is 1.91. The Balaban J connectivity index is 2.46. The van der Waals surface area contributed by atoms with Crippen LogP contribution in [-0.4, -0.2) is 24.0 Å². The van der Waals surface area contributed by atoms with Crippen LogP contribution in [0.5, 0.6) is 0 Å². The first-order valence-corrected chi connectivity index (χ1v) is 7.30. The molecule has 0 aliphatic heterocycles. The molecule has 5 nitrogen and oxygen atoms in total. The van der Waals surface area contributed by atoms with E-state index in [4.69, 9.17) is 10.5 Å². The van der Waals surface area contributed by atoms with Gasteiger partial charge in [-0.1, -0.05) is 26.0 Å². The Morgan fingerprint density at radius 3 is 2.29 bits per heavy atom. The van der Waals surface area contributed by atoms with Crippen LogP contribution < -0.4 is 11.1 Å². The van der Waals surface area contributed by atoms with Crippen LogP contribution in [0.4, 0.5) is 5.69 Å². The maximum atomic E-state index is 11.9. The molecular weight excluding hydrogens is 268 g/mol. The lowest BCUT2D eigenvalue weighted by Gasteiger charge is -2.18. The molecule has 0 fully saturated rings. The average Bonchev–Trinajstić information content (AvgIpc) is 2.46. The van der Waals surface area contributed by atoms with Gasteiger partial charge >= 0.3 is 5.97 Å². The Bertz CT molecular complexity index is 467. The second-order valence-electron chi connectivity index (χ2n) is 5.07. The minimum Gasteiger partial charge on any atom is -0.452 e. The molecule has 1 aromatic rings. The highest BCUT2D eigenvalue weighted by Crippen LogP contribution is 2.08. The Hall–Kier alpha value is -2.04. The smallest absolute Gasteiger partial charge is 0.311 e. The van der Waals surface area contributed by atoms with Gasteiger partial charge in [-0.25, -0.2) is 0 Å². The van der Waals surface area contributed by atoms with Crippen molar-refractivity contribution in [2.75, 3.05) is 5.73 Å². The molecule has 116 valence electrons. The van der Waals surface area contributed by atoms with E-state index in [0.717, 1.165) is 18.4 Å². The summed E-state index contributed by atoms with van der Waals surface area (Å²) < 4.78 is 5.15. The van der Waals surface area contributed by atoms with E-state index < -0.39 is 12.1 Å². The molecule has 0 bridgehead atoms. The Kier molecular flexibility index (Phi) is 6.72. The van der Waals surface area contributed by atoms with Gasteiger partial charge in [-0.3, -0.25) is 9.59 Å². The SMILES string of the molecule is CCC(CC)NC(=O)C(C)OC(=O)Cc1ccc(N)cc1. The van der Waals surface area contributed by atoms with Crippen molar-refractivity contribution in [2.24, 2.45) is 0 Å². The number of hydrogen-bond acceptors (Lipinski definition) is 4. The lowest BCUT2D eigenvalue weighted by molar-refractivity contribution is -0.154. The van der Waals surface area contributed by atoms with E-state index in [1.165, 1.54) is 0 Å². The van der Waals surface area contributed by atoms with Crippen LogP contribution in [0.15, 0.2) is 24.3 Å². The summed E-state index contributed by atoms with van der Waals surface area (Å²) in [7, 11) is 0. The summed E-state index contributed by atoms with van der Waals surface area (Å²) in [4.78, 5) is 23.7. The number of carbonyl (C=O) groups is 2. The molecule has 0 aliphatic carbocycles. The number of benzene rings is 1. The van der Waals surface area contributed by atoms with Crippen LogP contribution in [0.2, 0.25) is 0 Å². The second kappa shape index (κ2) is 8.29. The number of carbonyl (C=O) groups excluding carboxylic acids is 2. The Labute approximate surface area is 125 Å². The molecule has 21 heavy (non-hydrogen) atoms. The van der Waals surface area contributed by atoms with Crippen molar-refractivity contribution in [3.8, 4) is 0 Å². The summed E-state index contributed by atoms with van der Waals surface area (Å²) in [5, 5.41) is 2.86. The van der Waals surface area contributed by atoms with E-state index in [9.17, 15) is 9.59 Å². The van der Waals surface area contributed by atoms with Crippen molar-refractivity contribution < 1.29 is 14.3 Å². The quantitative estimate of drug-likeness (QED) is 0.595. The standard InChI is InChI=1S/C16H24N2O3/c1-4-14(5-2)18-16(20)11(3)21-15(19)10-12-6-8-13(17)9-7-12/h6-9,11,14H,4-5,10,17H2,1-3H3,(H,18,20). The van der Waals surface area contributed by atoms with Gasteiger partial charge in [0.1, 0.15) is 0 Å². The number of nitrogen functional groups attached to an aromatic ring is 1. The zero-order valence-corrected chi connectivity index (χ0v) is 12.9. The summed E-state index contributed by atoms with van der Waals surface area (Å²) in [5.74, 6) is -0.679. The van der Waals surface area contributed by atoms with Crippen molar-refractivity contribution in [3.05, 3.63) is 29.8 Å². The van der Waals surface area contributed by atoms with Crippen LogP contribution in [0.3, 0.4) is 0 Å². The van der Waals surface area contributed by atoms with Gasteiger partial charge in [0.25, 0.3) is 5.91 Å². The zero-order chi connectivity index (χ0) is 15.8. The summed E-state index contributed by atoms with van der Waals surface area (Å²) in [5.41, 5.74) is 7.03. The number of ether oxygens (including phenoxy) is 1. The lowest BCUT2D eigenvalue weighted by Crippen LogP contribution is -2.41. The van der Waals surface area contributed by atoms with E-state index in [1.807, 2.05) is 13.8 Å². The number of anilines is 1. The average molecular weight is 292 g/mol. The van der Waals surface area contributed by atoms with E-state index >= 15 is 0 Å². The fraction of sp³-hybridized carbons (Fsp3) is 0.500. The lowest BCUT2D eigenvalue weighted by atomic mass is 10.1. The van der Waals surface area contributed by atoms with Crippen molar-refractivity contribution in [2.45, 2.75) is 52.2 Å². The topological polar surface area (TPSA) is 81.4 Å². The van der Waals surface area contributed by atoms with Gasteiger partial charge < -0.3 is 15.8 Å². The number of nitrogens with one attached hydrogen (secondary N) is 1. The molecule has 1 atom stereocenters. The largest absolute Gasteiger partial charge is 0.452 e. The van der Waals surface area contributed by atoms with E-state index in [-0.39, 0.29) is 18.4 Å². The van der Waals surface area contributed by atoms with Crippen LogP contribution in [-0.2, 0) is 20.7 Å². The number of nitrogens with two attached hydrogens (primary N) is 1. The van der Waals surface area contributed by atoms with Gasteiger partial charge in [-0.15, -0.1) is 0 Å². The highest BCUT2D eigenvalue weighted by molar-refractivity contribution is 5.84. The molecule has 0 spiro atoms. The third-order valence-corrected chi connectivity index (χ3v) is 3.34. The predicted octanol–water partition coefficient (Wildman–Crippen LogP) is 2.05. The van der Waals surface area contributed by atoms with Crippen molar-refractivity contribution >= 4 is 17.6 Å². The van der Waals surface area contributed by atoms with Gasteiger partial charge in [0.2, 0.25) is 0 Å². The zero-order valence-electron chi connectivity index (χ0n) is 12.9. The van der Waals surface area contributed by atoms with Gasteiger partial charge in [-0.2, -0.15) is 0 Å². The molecule has 3 N–H and O–H groups in total. The highest BCUT2D eigenvalue weighted by atomic mass is 16.5. The number of hydrogen-bond donors (Lipinski definition) is 2. The molecule has 1 rings (SSSR count). The first-order valence-electron chi connectivity index (χ1n) is 7.30. The molecule has 0 aromatic heterocycles. The van der Waals surface area contributed by atoms with Gasteiger partial charge in [-0.05, 0) is 37.5 Å². The normalized spacial score (nSPS) is 12.0. The minimum absolute atomic E-state index is 0.121. The second-order valence-corrected chi connectivity index (χ2v) is 5.07. The highest BCUT2D eigenvalue weighted by Gasteiger charge is 2.19. The van der Waals surface area contributed by atoms with Crippen LogP contribution >= 0.6 is 0 Å². The molecule has 0 radical (unpaired) electrons. The van der Waals surface area contributed by atoms with Crippen LogP contribution in [0, 0.1) is 0 Å². The van der Waals surface area contributed by atoms with E-state index in [2.05, 4.69) is 5.32 Å². The first-order chi connectivity index (χ1) is 9.96. The molecule has 1 amide bonds. The number of rotatable bonds is 7. The van der Waals surface area contributed by atoms with Crippen LogP contribution in [0.1, 0.15) is 39.2 Å². The molecule has 0 saturated heterocycles. The van der Waals surface area contributed by atoms with E-state index in [1.54, 1.807) is 31.2 Å². The number of esters is 1. The van der Waals surface area contributed by atoms with Gasteiger partial charge in [0.15, 0.2) is 6.10 Å². The van der Waals surface area contributed by atoms with Gasteiger partial charge in [0, 0.05) is 11.7 Å². The van der Waals surface area contributed by atoms with E-state index in [0.29, 0.717) is 5.69 Å². The Morgan fingerprint density at radius 1 is 1.19 bits per heavy atom. The predicted molar refractivity (Wildman–Crippen MR) is 82.6 cm³/mol. The third-order valence-electron chi connectivity index (χ3n) is 3.34. The Morgan fingerprint density at radius 2 is 1.76 bits per heavy atom. The maximum Gasteiger partial charge on any atom is 0.311 e. The summed E-state index contributed by atoms with van der Waals surface area (Å²) in [6.45, 7) is 5.59. The van der Waals surface area contributed by atoms with Gasteiger partial charge in [0.05, 0.1) is 6.42 Å². The molecule has 0 heterocycles. The monoisotopic (exact) mass is 292 g/mol. The summed E-state index contributed by atoms with van der Waals surface area (Å²) >= 11 is 0. The third kappa shape index (κ3) is 5.85. The number of amides is 1. The molecule has 0 aliphatic rings. The van der Waals surface area contributed by atoms with Crippen molar-refractivity contribution in [3.63, 3.8) is 0 Å². The summed E-state index contributed by atoms with van der Waals surface area (Å²) in [6, 6.07) is 7.12. The molecular formula is C16H24N2O3. The molecule has 0 saturated carbocycles.